The third-order valence-electron chi connectivity index (χ3n) is 18.8. The predicted octanol–water partition coefficient (Wildman–Crippen LogP) is -6.91. The van der Waals surface area contributed by atoms with Gasteiger partial charge in [0.15, 0.2) is 0 Å². The van der Waals surface area contributed by atoms with Gasteiger partial charge in [0.1, 0.15) is 72.5 Å². The number of carbonyl (C=O) groups excluding carboxylic acids is 15. The number of nitrogens with one attached hydrogen (secondary N) is 11. The van der Waals surface area contributed by atoms with E-state index in [1.54, 1.807) is 74.6 Å². The molecule has 39 nitrogen and oxygen atoms in total. The van der Waals surface area contributed by atoms with E-state index in [0.717, 1.165) is 21.6 Å². The Kier molecular flexibility index (Phi) is 31.1. The van der Waals surface area contributed by atoms with Gasteiger partial charge in [0.2, 0.25) is 88.6 Å². The Balaban J connectivity index is 1.03. The van der Waals surface area contributed by atoms with E-state index in [-0.39, 0.29) is 102 Å². The van der Waals surface area contributed by atoms with E-state index in [9.17, 15) is 97.1 Å². The van der Waals surface area contributed by atoms with Crippen LogP contribution in [0.1, 0.15) is 108 Å². The minimum Gasteiger partial charge on any atom is -0.480 e. The quantitative estimate of drug-likeness (QED) is 0.0197. The molecule has 0 saturated carbocycles. The summed E-state index contributed by atoms with van der Waals surface area (Å²) in [6, 6.07) is -5.15. The summed E-state index contributed by atoms with van der Waals surface area (Å²) in [4.78, 5) is 232. The number of hydrogen-bond acceptors (Lipinski definition) is 21. The van der Waals surface area contributed by atoms with Gasteiger partial charge in [-0.3, -0.25) is 71.9 Å². The molecule has 5 heterocycles. The van der Waals surface area contributed by atoms with Gasteiger partial charge in [-0.2, -0.15) is 0 Å². The summed E-state index contributed by atoms with van der Waals surface area (Å²) < 4.78 is 0. The molecule has 0 radical (unpaired) electrons. The van der Waals surface area contributed by atoms with Gasteiger partial charge in [-0.15, -0.1) is 0 Å². The standard InChI is InChI=1S/C70H97N19O20/c1-35(2)24-43(78-58(96)41(71)19-20-54(72)93)59(97)79-44(25-37-12-5-4-6-13-37)60(98)82-47(28-55(73)94)67(105)88-22-10-17-52(88)65(103)84-49(32-90)63(101)86-57(36(3)92)66(104)83-48(29-56(74)95)68(106)87-21-9-16-51(87)64(102)81-45(26-38-30-76-42-15-8-7-14-40(38)42)61(99)80-46(27-39-31-75-34-77-39)62(100)85-50(33-91)69(107)89-23-11-18-53(89)70(108)109/h4-8,12-15,30-31,34-36,41,43-53,57,76,90-92H,9-11,16-29,32-33,71H2,1-3H3,(H2,72,93)(H2,73,94)(H2,74,95)(H,75,77)(H,78,96)(H,79,97)(H,80,99)(H,81,102)(H,82,98)(H,83,104)(H,84,103)(H,85,100)(H,86,101)(H,108,109)/t36-,41+,43+,44+,45+,46+,47+,48+,49+,50+,51+,52+,53+,57+/m1/s1. The third-order valence-corrected chi connectivity index (χ3v) is 18.8. The maximum Gasteiger partial charge on any atom is 0.326 e. The molecule has 14 atom stereocenters. The van der Waals surface area contributed by atoms with Gasteiger partial charge >= 0.3 is 5.97 Å². The minimum absolute atomic E-state index is 0.0342. The third kappa shape index (κ3) is 23.8. The van der Waals surface area contributed by atoms with Gasteiger partial charge in [-0.05, 0) is 81.4 Å². The molecular weight excluding hydrogens is 1430 g/mol. The normalized spacial score (nSPS) is 18.5. The molecule has 7 rings (SSSR count). The van der Waals surface area contributed by atoms with Gasteiger partial charge in [-0.25, -0.2) is 9.78 Å². The molecule has 3 saturated heterocycles. The molecule has 3 fully saturated rings. The molecule has 39 heteroatoms. The van der Waals surface area contributed by atoms with Crippen molar-refractivity contribution < 1.29 is 97.1 Å². The first-order chi connectivity index (χ1) is 51.8. The fourth-order valence-corrected chi connectivity index (χ4v) is 13.2. The van der Waals surface area contributed by atoms with E-state index in [1.165, 1.54) is 12.5 Å². The molecule has 0 spiro atoms. The number of H-pyrrole nitrogens is 2. The molecule has 2 aromatic carbocycles. The molecule has 23 N–H and O–H groups in total. The number of nitrogens with two attached hydrogens (primary N) is 4. The monoisotopic (exact) mass is 1520 g/mol. The first kappa shape index (κ1) is 84.8. The molecule has 4 aromatic rings. The zero-order valence-corrected chi connectivity index (χ0v) is 60.4. The van der Waals surface area contributed by atoms with Crippen LogP contribution in [-0.2, 0) is 96.0 Å². The lowest BCUT2D eigenvalue weighted by Crippen LogP contribution is -2.62. The van der Waals surface area contributed by atoms with E-state index in [4.69, 9.17) is 22.9 Å². The van der Waals surface area contributed by atoms with Crippen LogP contribution in [0, 0.1) is 5.92 Å². The molecule has 3 aliphatic rings. The van der Waals surface area contributed by atoms with Crippen LogP contribution in [0.15, 0.2) is 73.3 Å². The fourth-order valence-electron chi connectivity index (χ4n) is 13.2. The minimum atomic E-state index is -2.03. The predicted molar refractivity (Wildman–Crippen MR) is 383 cm³/mol. The summed E-state index contributed by atoms with van der Waals surface area (Å²) in [7, 11) is 0. The number of carboxylic acid groups (broad SMARTS) is 1. The lowest BCUT2D eigenvalue weighted by atomic mass is 10.00. The molecule has 0 unspecified atom stereocenters. The van der Waals surface area contributed by atoms with E-state index >= 15 is 0 Å². The summed E-state index contributed by atoms with van der Waals surface area (Å²) in [6.07, 6.45) is 0.384. The second-order valence-electron chi connectivity index (χ2n) is 27.6. The van der Waals surface area contributed by atoms with Crippen molar-refractivity contribution in [2.45, 2.75) is 195 Å². The van der Waals surface area contributed by atoms with Crippen LogP contribution in [0.5, 0.6) is 0 Å². The molecule has 109 heavy (non-hydrogen) atoms. The van der Waals surface area contributed by atoms with Crippen molar-refractivity contribution in [3.8, 4) is 0 Å². The van der Waals surface area contributed by atoms with Crippen molar-refractivity contribution in [2.75, 3.05) is 32.8 Å². The Morgan fingerprint density at radius 3 is 1.49 bits per heavy atom. The Morgan fingerprint density at radius 1 is 0.514 bits per heavy atom. The number of nitrogens with zero attached hydrogens (tertiary/aromatic N) is 4. The molecule has 592 valence electrons. The highest BCUT2D eigenvalue weighted by Gasteiger charge is 2.45. The number of aliphatic carboxylic acids is 1. The highest BCUT2D eigenvalue weighted by atomic mass is 16.4. The number of aliphatic hydroxyl groups excluding tert-OH is 3. The number of amides is 15. The van der Waals surface area contributed by atoms with Crippen molar-refractivity contribution in [2.24, 2.45) is 28.9 Å². The highest BCUT2D eigenvalue weighted by Crippen LogP contribution is 2.25. The smallest absolute Gasteiger partial charge is 0.326 e. The Hall–Kier alpha value is -11.5. The maximum atomic E-state index is 14.8. The Morgan fingerprint density at radius 2 is 0.972 bits per heavy atom. The van der Waals surface area contributed by atoms with Gasteiger partial charge in [0.25, 0.3) is 0 Å². The number of aromatic amines is 2. The highest BCUT2D eigenvalue weighted by molar-refractivity contribution is 6.02. The summed E-state index contributed by atoms with van der Waals surface area (Å²) in [5, 5.41) is 64.5. The summed E-state index contributed by atoms with van der Waals surface area (Å²) in [6.45, 7) is 2.18. The molecule has 2 aromatic heterocycles. The Labute approximate surface area is 625 Å². The van der Waals surface area contributed by atoms with Crippen molar-refractivity contribution in [3.63, 3.8) is 0 Å². The number of likely N-dealkylation sites (tertiary alicyclic amines) is 3. The average molecular weight is 1520 g/mol. The largest absolute Gasteiger partial charge is 0.480 e. The van der Waals surface area contributed by atoms with Crippen LogP contribution in [0.4, 0.5) is 0 Å². The number of rotatable bonds is 40. The molecule has 0 aliphatic carbocycles. The zero-order chi connectivity index (χ0) is 79.9. The van der Waals surface area contributed by atoms with Crippen molar-refractivity contribution in [3.05, 3.63) is 90.1 Å². The second-order valence-corrected chi connectivity index (χ2v) is 27.6. The molecule has 15 amide bonds. The van der Waals surface area contributed by atoms with Gasteiger partial charge in [0.05, 0.1) is 50.2 Å². The lowest BCUT2D eigenvalue weighted by molar-refractivity contribution is -0.150. The number of carboxylic acids is 1. The number of fused-ring (bicyclic) bond motifs is 1. The fraction of sp³-hybridized carbons (Fsp3) is 0.529. The summed E-state index contributed by atoms with van der Waals surface area (Å²) in [5.74, 6) is -16.5. The summed E-state index contributed by atoms with van der Waals surface area (Å²) in [5.41, 5.74) is 24.4. The van der Waals surface area contributed by atoms with Crippen molar-refractivity contribution >= 4 is 105 Å². The number of aromatic nitrogens is 3. The van der Waals surface area contributed by atoms with Crippen LogP contribution in [0.2, 0.25) is 0 Å². The van der Waals surface area contributed by atoms with E-state index in [1.807, 2.05) is 0 Å². The van der Waals surface area contributed by atoms with Crippen LogP contribution < -0.4 is 70.8 Å². The molecule has 0 bridgehead atoms. The number of hydrogen-bond donors (Lipinski definition) is 19. The van der Waals surface area contributed by atoms with Gasteiger partial charge in [-0.1, -0.05) is 62.4 Å². The lowest BCUT2D eigenvalue weighted by Gasteiger charge is -2.31. The first-order valence-electron chi connectivity index (χ1n) is 35.7. The van der Waals surface area contributed by atoms with E-state index < -0.39 is 205 Å². The first-order valence-corrected chi connectivity index (χ1v) is 35.7. The number of primary amides is 3. The maximum absolute atomic E-state index is 14.8. The SMILES string of the molecule is CC(C)C[C@H](NC(=O)[C@@H](N)CCC(N)=O)C(=O)N[C@@H](Cc1ccccc1)C(=O)N[C@@H](CC(N)=O)C(=O)N1CCC[C@H]1C(=O)N[C@@H](CO)C(=O)N[C@H](C(=O)N[C@@H](CC(N)=O)C(=O)N1CCC[C@H]1C(=O)N[C@@H](Cc1c[nH]c2ccccc12)C(=O)N[C@@H](Cc1c[nH]cn1)C(=O)N[C@@H](CO)C(=O)N1CCC[C@H]1C(=O)O)[C@@H](C)O. The Bertz CT molecular complexity index is 3950. The van der Waals surface area contributed by atoms with Crippen LogP contribution >= 0.6 is 0 Å². The molecular formula is C70H97N19O20. The van der Waals surface area contributed by atoms with E-state index in [0.29, 0.717) is 28.5 Å². The van der Waals surface area contributed by atoms with Crippen LogP contribution in [0.3, 0.4) is 0 Å². The second kappa shape index (κ2) is 39.9. The van der Waals surface area contributed by atoms with Crippen LogP contribution in [0.25, 0.3) is 10.9 Å². The number of imidazole rings is 1. The van der Waals surface area contributed by atoms with Crippen LogP contribution in [-0.4, -0.2) is 262 Å². The average Bonchev–Trinajstić information content (AvgIpc) is 1.82. The summed E-state index contributed by atoms with van der Waals surface area (Å²) >= 11 is 0. The van der Waals surface area contributed by atoms with E-state index in [2.05, 4.69) is 62.8 Å². The number of para-hydroxylation sites is 1. The number of carbonyl (C=O) groups is 16. The topological polar surface area (TPSA) is 621 Å². The zero-order valence-electron chi connectivity index (χ0n) is 60.4. The number of benzene rings is 2. The van der Waals surface area contributed by atoms with Crippen molar-refractivity contribution in [1.29, 1.82) is 0 Å². The van der Waals surface area contributed by atoms with Gasteiger partial charge in [0, 0.05) is 68.6 Å². The molecule has 3 aliphatic heterocycles. The van der Waals surface area contributed by atoms with Crippen molar-refractivity contribution in [1.82, 2.24) is 77.5 Å². The number of aliphatic hydroxyl groups is 3. The van der Waals surface area contributed by atoms with Gasteiger partial charge < -0.3 is 116 Å².